The molecule has 1 aromatic carbocycles. The number of aromatic nitrogens is 1. The Bertz CT molecular complexity index is 1330. The van der Waals surface area contributed by atoms with Gasteiger partial charge in [-0.25, -0.2) is 9.79 Å². The molecule has 8 heteroatoms. The van der Waals surface area contributed by atoms with Crippen molar-refractivity contribution in [1.29, 1.82) is 0 Å². The van der Waals surface area contributed by atoms with Gasteiger partial charge < -0.3 is 9.64 Å². The molecule has 1 aliphatic rings. The molecule has 1 atom stereocenters. The summed E-state index contributed by atoms with van der Waals surface area (Å²) in [5.74, 6) is -0.467. The molecular weight excluding hydrogens is 442 g/mol. The molecule has 32 heavy (non-hydrogen) atoms. The smallest absolute Gasteiger partial charge is 0.338 e. The lowest BCUT2D eigenvalue weighted by Gasteiger charge is -2.22. The van der Waals surface area contributed by atoms with E-state index in [0.717, 1.165) is 29.2 Å². The Balaban J connectivity index is 1.83. The molecule has 0 radical (unpaired) electrons. The number of anilines is 1. The van der Waals surface area contributed by atoms with Crippen LogP contribution in [0.3, 0.4) is 0 Å². The average molecular weight is 468 g/mol. The zero-order valence-electron chi connectivity index (χ0n) is 18.5. The minimum absolute atomic E-state index is 0.158. The highest BCUT2D eigenvalue weighted by atomic mass is 32.1. The minimum atomic E-state index is -0.536. The monoisotopic (exact) mass is 467 g/mol. The summed E-state index contributed by atoms with van der Waals surface area (Å²) in [6.45, 7) is 7.94. The number of thiophene rings is 1. The number of thiazole rings is 1. The number of carbonyl (C=O) groups is 1. The third kappa shape index (κ3) is 3.96. The number of hydrogen-bond donors (Lipinski definition) is 0. The number of methoxy groups -OCH3 is 1. The summed E-state index contributed by atoms with van der Waals surface area (Å²) >= 11 is 2.84. The van der Waals surface area contributed by atoms with E-state index in [1.54, 1.807) is 11.5 Å². The van der Waals surface area contributed by atoms with Crippen LogP contribution in [0.2, 0.25) is 0 Å². The molecule has 1 unspecified atom stereocenters. The largest absolute Gasteiger partial charge is 0.466 e. The quantitative estimate of drug-likeness (QED) is 0.522. The van der Waals surface area contributed by atoms with E-state index < -0.39 is 12.0 Å². The lowest BCUT2D eigenvalue weighted by atomic mass is 10.0. The van der Waals surface area contributed by atoms with Gasteiger partial charge in [-0.1, -0.05) is 29.5 Å². The van der Waals surface area contributed by atoms with Crippen LogP contribution in [0, 0.1) is 0 Å². The van der Waals surface area contributed by atoms with Crippen molar-refractivity contribution in [3.05, 3.63) is 83.2 Å². The maximum absolute atomic E-state index is 13.5. The number of rotatable bonds is 6. The fraction of sp³-hybridized carbons (Fsp3) is 0.292. The van der Waals surface area contributed by atoms with E-state index in [2.05, 4.69) is 35.9 Å². The number of ether oxygens (including phenoxy) is 1. The number of allylic oxidation sites excluding steroid dienone is 1. The Hall–Kier alpha value is -2.97. The highest BCUT2D eigenvalue weighted by Gasteiger charge is 2.33. The Morgan fingerprint density at radius 1 is 1.22 bits per heavy atom. The molecule has 3 aromatic rings. The van der Waals surface area contributed by atoms with Gasteiger partial charge in [0, 0.05) is 23.7 Å². The normalized spacial score (nSPS) is 16.0. The van der Waals surface area contributed by atoms with Gasteiger partial charge in [0.1, 0.15) is 6.04 Å². The molecule has 0 aliphatic carbocycles. The molecule has 2 aromatic heterocycles. The van der Waals surface area contributed by atoms with Gasteiger partial charge in [0.05, 0.1) is 22.9 Å². The molecule has 0 saturated carbocycles. The summed E-state index contributed by atoms with van der Waals surface area (Å²) in [5.41, 5.74) is 2.92. The average Bonchev–Trinajstić information content (AvgIpc) is 3.43. The molecular formula is C24H25N3O3S2. The van der Waals surface area contributed by atoms with Crippen LogP contribution in [0.25, 0.3) is 6.08 Å². The summed E-state index contributed by atoms with van der Waals surface area (Å²) in [7, 11) is 1.35. The molecule has 6 nitrogen and oxygen atoms in total. The zero-order chi connectivity index (χ0) is 22.8. The molecule has 0 bridgehead atoms. The Kier molecular flexibility index (Phi) is 6.43. The first-order chi connectivity index (χ1) is 15.5. The van der Waals surface area contributed by atoms with Gasteiger partial charge in [0.25, 0.3) is 5.56 Å². The molecule has 0 spiro atoms. The van der Waals surface area contributed by atoms with Gasteiger partial charge in [0.15, 0.2) is 4.80 Å². The van der Waals surface area contributed by atoms with E-state index in [4.69, 9.17) is 4.74 Å². The number of nitrogens with zero attached hydrogens (tertiary/aromatic N) is 3. The Morgan fingerprint density at radius 2 is 1.94 bits per heavy atom. The fourth-order valence-electron chi connectivity index (χ4n) is 3.93. The maximum atomic E-state index is 13.5. The topological polar surface area (TPSA) is 63.9 Å². The van der Waals surface area contributed by atoms with Crippen molar-refractivity contribution in [2.45, 2.75) is 26.8 Å². The summed E-state index contributed by atoms with van der Waals surface area (Å²) in [5, 5.41) is 1.94. The first-order valence-corrected chi connectivity index (χ1v) is 12.2. The van der Waals surface area contributed by atoms with Crippen LogP contribution in [0.1, 0.15) is 37.3 Å². The highest BCUT2D eigenvalue weighted by Crippen LogP contribution is 2.32. The van der Waals surface area contributed by atoms with E-state index >= 15 is 0 Å². The van der Waals surface area contributed by atoms with Gasteiger partial charge in [-0.3, -0.25) is 9.36 Å². The predicted octanol–water partition coefficient (Wildman–Crippen LogP) is 3.32. The summed E-state index contributed by atoms with van der Waals surface area (Å²) in [6, 6.07) is 11.5. The van der Waals surface area contributed by atoms with Gasteiger partial charge in [-0.15, -0.1) is 11.3 Å². The first-order valence-electron chi connectivity index (χ1n) is 10.5. The predicted molar refractivity (Wildman–Crippen MR) is 130 cm³/mol. The lowest BCUT2D eigenvalue weighted by Crippen LogP contribution is -2.39. The van der Waals surface area contributed by atoms with Crippen molar-refractivity contribution in [2.24, 2.45) is 4.99 Å². The van der Waals surface area contributed by atoms with Gasteiger partial charge in [-0.2, -0.15) is 0 Å². The SMILES string of the molecule is CCN(CC)c1ccc(/C=c2\sc3n(c2=O)C(c2cccs2)C(C(=O)OC)=C(C)N=3)cc1. The molecule has 0 fully saturated rings. The van der Waals surface area contributed by atoms with Crippen molar-refractivity contribution >= 4 is 40.4 Å². The van der Waals surface area contributed by atoms with Crippen molar-refractivity contribution in [3.63, 3.8) is 0 Å². The summed E-state index contributed by atoms with van der Waals surface area (Å²) in [6.07, 6.45) is 1.89. The van der Waals surface area contributed by atoms with Gasteiger partial charge >= 0.3 is 5.97 Å². The molecule has 0 saturated heterocycles. The standard InChI is InChI=1S/C24H25N3O3S2/c1-5-26(6-2)17-11-9-16(10-12-17)14-19-22(28)27-21(18-8-7-13-31-18)20(23(29)30-4)15(3)25-24(27)32-19/h7-14,21H,5-6H2,1-4H3/b19-14-. The number of carbonyl (C=O) groups excluding carboxylic acids is 1. The van der Waals surface area contributed by atoms with Crippen molar-refractivity contribution in [1.82, 2.24) is 4.57 Å². The van der Waals surface area contributed by atoms with Crippen LogP contribution in [-0.2, 0) is 9.53 Å². The maximum Gasteiger partial charge on any atom is 0.338 e. The van der Waals surface area contributed by atoms with E-state index in [9.17, 15) is 9.59 Å². The number of hydrogen-bond acceptors (Lipinski definition) is 7. The van der Waals surface area contributed by atoms with Crippen molar-refractivity contribution < 1.29 is 9.53 Å². The Labute approximate surface area is 194 Å². The summed E-state index contributed by atoms with van der Waals surface area (Å²) in [4.78, 5) is 34.4. The first kappa shape index (κ1) is 22.2. The molecule has 1 aliphatic heterocycles. The lowest BCUT2D eigenvalue weighted by molar-refractivity contribution is -0.136. The van der Waals surface area contributed by atoms with Crippen LogP contribution >= 0.6 is 22.7 Å². The highest BCUT2D eigenvalue weighted by molar-refractivity contribution is 7.10. The van der Waals surface area contributed by atoms with Crippen molar-refractivity contribution in [2.75, 3.05) is 25.1 Å². The number of esters is 1. The van der Waals surface area contributed by atoms with Crippen LogP contribution in [0.15, 0.2) is 62.8 Å². The van der Waals surface area contributed by atoms with Crippen LogP contribution in [0.5, 0.6) is 0 Å². The van der Waals surface area contributed by atoms with Crippen LogP contribution < -0.4 is 19.8 Å². The third-order valence-corrected chi connectivity index (χ3v) is 7.47. The second-order valence-corrected chi connectivity index (χ2v) is 9.34. The van der Waals surface area contributed by atoms with E-state index in [-0.39, 0.29) is 5.56 Å². The van der Waals surface area contributed by atoms with E-state index in [1.165, 1.54) is 29.8 Å². The molecule has 0 N–H and O–H groups in total. The van der Waals surface area contributed by atoms with E-state index in [0.29, 0.717) is 20.6 Å². The molecule has 3 heterocycles. The minimum Gasteiger partial charge on any atom is -0.466 e. The number of fused-ring (bicyclic) bond motifs is 1. The number of benzene rings is 1. The third-order valence-electron chi connectivity index (χ3n) is 5.56. The summed E-state index contributed by atoms with van der Waals surface area (Å²) < 4.78 is 7.22. The van der Waals surface area contributed by atoms with E-state index in [1.807, 2.05) is 35.7 Å². The second-order valence-electron chi connectivity index (χ2n) is 7.35. The van der Waals surface area contributed by atoms with Gasteiger partial charge in [-0.05, 0) is 56.0 Å². The van der Waals surface area contributed by atoms with Crippen LogP contribution in [-0.4, -0.2) is 30.7 Å². The van der Waals surface area contributed by atoms with Crippen molar-refractivity contribution in [3.8, 4) is 0 Å². The second kappa shape index (κ2) is 9.26. The van der Waals surface area contributed by atoms with Crippen LogP contribution in [0.4, 0.5) is 5.69 Å². The van der Waals surface area contributed by atoms with Gasteiger partial charge in [0.2, 0.25) is 0 Å². The fourth-order valence-corrected chi connectivity index (χ4v) is 5.80. The zero-order valence-corrected chi connectivity index (χ0v) is 20.1. The Morgan fingerprint density at radius 3 is 2.53 bits per heavy atom. The molecule has 4 rings (SSSR count). The molecule has 0 amide bonds. The molecule has 166 valence electrons.